The van der Waals surface area contributed by atoms with Crippen molar-refractivity contribution in [2.24, 2.45) is 0 Å². The van der Waals surface area contributed by atoms with E-state index in [0.29, 0.717) is 12.8 Å². The van der Waals surface area contributed by atoms with Crippen LogP contribution < -0.4 is 0 Å². The van der Waals surface area contributed by atoms with Crippen LogP contribution in [0.2, 0.25) is 0 Å². The van der Waals surface area contributed by atoms with Crippen LogP contribution in [0.25, 0.3) is 0 Å². The van der Waals surface area contributed by atoms with Crippen LogP contribution in [0, 0.1) is 0 Å². The lowest BCUT2D eigenvalue weighted by Crippen LogP contribution is -2.42. The van der Waals surface area contributed by atoms with E-state index < -0.39 is 23.8 Å². The van der Waals surface area contributed by atoms with Gasteiger partial charge in [-0.15, -0.1) is 0 Å². The van der Waals surface area contributed by atoms with Crippen LogP contribution in [0.1, 0.15) is 25.7 Å². The summed E-state index contributed by atoms with van der Waals surface area (Å²) in [6.45, 7) is 0. The summed E-state index contributed by atoms with van der Waals surface area (Å²) < 4.78 is 0. The minimum absolute atomic E-state index is 0.0798. The van der Waals surface area contributed by atoms with Crippen LogP contribution in [0.15, 0.2) is 0 Å². The van der Waals surface area contributed by atoms with Crippen molar-refractivity contribution in [2.75, 3.05) is 0 Å². The Labute approximate surface area is 75.6 Å². The van der Waals surface area contributed by atoms with Gasteiger partial charge in [0.05, 0.1) is 12.2 Å². The summed E-state index contributed by atoms with van der Waals surface area (Å²) in [7, 11) is 0. The lowest BCUT2D eigenvalue weighted by atomic mass is 9.94. The quantitative estimate of drug-likeness (QED) is 0.402. The zero-order chi connectivity index (χ0) is 10.1. The highest BCUT2D eigenvalue weighted by Gasteiger charge is 2.41. The molecular weight excluding hydrogens is 176 g/mol. The van der Waals surface area contributed by atoms with Crippen LogP contribution in [0.3, 0.4) is 0 Å². The second kappa shape index (κ2) is 3.61. The minimum atomic E-state index is -1.88. The molecule has 0 saturated heterocycles. The number of rotatable bonds is 1. The molecule has 1 saturated carbocycles. The van der Waals surface area contributed by atoms with E-state index in [-0.39, 0.29) is 12.8 Å². The van der Waals surface area contributed by atoms with Crippen LogP contribution in [0.4, 0.5) is 0 Å². The summed E-state index contributed by atoms with van der Waals surface area (Å²) in [6.07, 6.45) is -1.56. The number of carbonyl (C=O) groups is 1. The molecule has 3 unspecified atom stereocenters. The van der Waals surface area contributed by atoms with Crippen molar-refractivity contribution in [3.8, 4) is 0 Å². The topological polar surface area (TPSA) is 98.0 Å². The Morgan fingerprint density at radius 1 is 1.31 bits per heavy atom. The van der Waals surface area contributed by atoms with E-state index in [1.807, 2.05) is 0 Å². The van der Waals surface area contributed by atoms with E-state index in [0.717, 1.165) is 0 Å². The molecule has 0 bridgehead atoms. The standard InChI is InChI=1S/C8H14O5/c9-5-2-1-3-8(13,7(11)12)4-6(5)10/h5-6,9-10,13H,1-4H2,(H,11,12). The number of hydrogen-bond donors (Lipinski definition) is 4. The Hall–Kier alpha value is -0.650. The van der Waals surface area contributed by atoms with Crippen molar-refractivity contribution in [3.63, 3.8) is 0 Å². The Bertz CT molecular complexity index is 205. The molecule has 1 fully saturated rings. The molecule has 5 heteroatoms. The summed E-state index contributed by atoms with van der Waals surface area (Å²) in [5, 5.41) is 36.7. The molecule has 1 aliphatic rings. The molecule has 5 nitrogen and oxygen atoms in total. The zero-order valence-corrected chi connectivity index (χ0v) is 7.18. The van der Waals surface area contributed by atoms with Gasteiger partial charge in [0, 0.05) is 6.42 Å². The van der Waals surface area contributed by atoms with Crippen molar-refractivity contribution < 1.29 is 25.2 Å². The molecule has 76 valence electrons. The zero-order valence-electron chi connectivity index (χ0n) is 7.18. The van der Waals surface area contributed by atoms with Crippen LogP contribution in [-0.2, 0) is 4.79 Å². The summed E-state index contributed by atoms with van der Waals surface area (Å²) in [5.74, 6) is -1.33. The molecule has 1 aliphatic carbocycles. The van der Waals surface area contributed by atoms with Gasteiger partial charge in [0.25, 0.3) is 0 Å². The van der Waals surface area contributed by atoms with Crippen molar-refractivity contribution >= 4 is 5.97 Å². The van der Waals surface area contributed by atoms with Gasteiger partial charge in [0.1, 0.15) is 0 Å². The Morgan fingerprint density at radius 2 is 1.92 bits per heavy atom. The molecule has 0 amide bonds. The largest absolute Gasteiger partial charge is 0.479 e. The third-order valence-electron chi connectivity index (χ3n) is 2.48. The van der Waals surface area contributed by atoms with Gasteiger partial charge in [0.2, 0.25) is 0 Å². The molecule has 3 atom stereocenters. The van der Waals surface area contributed by atoms with E-state index >= 15 is 0 Å². The first-order valence-corrected chi connectivity index (χ1v) is 4.27. The summed E-state index contributed by atoms with van der Waals surface area (Å²) in [5.41, 5.74) is -1.88. The van der Waals surface area contributed by atoms with Gasteiger partial charge >= 0.3 is 5.97 Å². The first-order valence-electron chi connectivity index (χ1n) is 4.27. The number of carboxylic acid groups (broad SMARTS) is 1. The van der Waals surface area contributed by atoms with Gasteiger partial charge in [-0.1, -0.05) is 0 Å². The number of aliphatic hydroxyl groups excluding tert-OH is 2. The Kier molecular flexibility index (Phi) is 2.90. The maximum absolute atomic E-state index is 10.6. The van der Waals surface area contributed by atoms with Crippen LogP contribution >= 0.6 is 0 Å². The molecule has 0 spiro atoms. The van der Waals surface area contributed by atoms with Crippen molar-refractivity contribution in [2.45, 2.75) is 43.5 Å². The van der Waals surface area contributed by atoms with E-state index in [9.17, 15) is 20.1 Å². The normalized spacial score (nSPS) is 41.2. The molecule has 1 rings (SSSR count). The van der Waals surface area contributed by atoms with Crippen LogP contribution in [-0.4, -0.2) is 44.2 Å². The molecule has 0 radical (unpaired) electrons. The second-order valence-corrected chi connectivity index (χ2v) is 3.57. The number of aliphatic carboxylic acids is 1. The summed E-state index contributed by atoms with van der Waals surface area (Å²) in [4.78, 5) is 10.6. The maximum Gasteiger partial charge on any atom is 0.335 e. The lowest BCUT2D eigenvalue weighted by Gasteiger charge is -2.23. The average Bonchev–Trinajstić information content (AvgIpc) is 2.14. The second-order valence-electron chi connectivity index (χ2n) is 3.57. The fourth-order valence-electron chi connectivity index (χ4n) is 1.57. The molecule has 13 heavy (non-hydrogen) atoms. The van der Waals surface area contributed by atoms with Gasteiger partial charge in [0.15, 0.2) is 5.60 Å². The minimum Gasteiger partial charge on any atom is -0.479 e. The van der Waals surface area contributed by atoms with Crippen molar-refractivity contribution in [1.82, 2.24) is 0 Å². The Balaban J connectivity index is 2.73. The molecule has 0 aliphatic heterocycles. The fourth-order valence-corrected chi connectivity index (χ4v) is 1.57. The average molecular weight is 190 g/mol. The molecule has 0 aromatic carbocycles. The molecular formula is C8H14O5. The van der Waals surface area contributed by atoms with Gasteiger partial charge in [-0.2, -0.15) is 0 Å². The van der Waals surface area contributed by atoms with Gasteiger partial charge < -0.3 is 20.4 Å². The smallest absolute Gasteiger partial charge is 0.335 e. The predicted molar refractivity (Wildman–Crippen MR) is 43.1 cm³/mol. The predicted octanol–water partition coefficient (Wildman–Crippen LogP) is -0.902. The number of carboxylic acids is 1. The third-order valence-corrected chi connectivity index (χ3v) is 2.48. The number of hydrogen-bond acceptors (Lipinski definition) is 4. The van der Waals surface area contributed by atoms with E-state index in [4.69, 9.17) is 5.11 Å². The Morgan fingerprint density at radius 3 is 2.46 bits per heavy atom. The van der Waals surface area contributed by atoms with E-state index in [2.05, 4.69) is 0 Å². The highest BCUT2D eigenvalue weighted by atomic mass is 16.4. The maximum atomic E-state index is 10.6. The van der Waals surface area contributed by atoms with E-state index in [1.54, 1.807) is 0 Å². The molecule has 0 aromatic rings. The molecule has 0 heterocycles. The van der Waals surface area contributed by atoms with Gasteiger partial charge in [-0.3, -0.25) is 0 Å². The van der Waals surface area contributed by atoms with Gasteiger partial charge in [-0.25, -0.2) is 4.79 Å². The monoisotopic (exact) mass is 190 g/mol. The number of aliphatic hydroxyl groups is 3. The SMILES string of the molecule is O=C(O)C1(O)CCCC(O)C(O)C1. The van der Waals surface area contributed by atoms with Gasteiger partial charge in [-0.05, 0) is 19.3 Å². The first-order chi connectivity index (χ1) is 5.96. The highest BCUT2D eigenvalue weighted by Crippen LogP contribution is 2.27. The lowest BCUT2D eigenvalue weighted by molar-refractivity contribution is -0.162. The molecule has 4 N–H and O–H groups in total. The summed E-state index contributed by atoms with van der Waals surface area (Å²) >= 11 is 0. The molecule has 0 aromatic heterocycles. The van der Waals surface area contributed by atoms with Crippen molar-refractivity contribution in [3.05, 3.63) is 0 Å². The first kappa shape index (κ1) is 10.4. The third kappa shape index (κ3) is 2.18. The van der Waals surface area contributed by atoms with Crippen molar-refractivity contribution in [1.29, 1.82) is 0 Å². The summed E-state index contributed by atoms with van der Waals surface area (Å²) in [6, 6.07) is 0. The van der Waals surface area contributed by atoms with Crippen LogP contribution in [0.5, 0.6) is 0 Å². The van der Waals surface area contributed by atoms with E-state index in [1.165, 1.54) is 0 Å². The highest BCUT2D eigenvalue weighted by molar-refractivity contribution is 5.77. The fraction of sp³-hybridized carbons (Fsp3) is 0.875.